The smallest absolute Gasteiger partial charge is 0.407 e. The van der Waals surface area contributed by atoms with Crippen LogP contribution in [0.3, 0.4) is 0 Å². The van der Waals surface area contributed by atoms with E-state index in [1.54, 1.807) is 89.9 Å². The SMILES string of the molecule is CC[C@H]1OC(=O)[C@H](C)[C@@H](O[C@H]2C[C@@](C)(OC)[C@@H](OC(=O)NCc3cn(Cc4ccc(Cl)cc4Cl)nn3)[C@H](C)O2)[C@H](C)[C@@H](O[C@@H]2O[C@H](C)C[C@H](N(C)C)[C@H]2O)[C@](C)(O)C[C@@H](C)CN(C)[C@H](C)[C@@H](OC(=O)NCc2ccc(OC)cc2)[C@]1(C)O. The van der Waals surface area contributed by atoms with E-state index in [1.165, 1.54) is 14.0 Å². The Morgan fingerprint density at radius 3 is 2.17 bits per heavy atom. The summed E-state index contributed by atoms with van der Waals surface area (Å²) >= 11 is 12.4. The summed E-state index contributed by atoms with van der Waals surface area (Å²) < 4.78 is 58.3. The van der Waals surface area contributed by atoms with Gasteiger partial charge in [-0.25, -0.2) is 14.3 Å². The van der Waals surface area contributed by atoms with Crippen LogP contribution in [0.25, 0.3) is 0 Å². The van der Waals surface area contributed by atoms with Gasteiger partial charge in [0.05, 0.1) is 62.3 Å². The number of carbonyl (C=O) groups is 3. The highest BCUT2D eigenvalue weighted by Crippen LogP contribution is 2.41. The Morgan fingerprint density at radius 2 is 1.55 bits per heavy atom. The van der Waals surface area contributed by atoms with E-state index in [9.17, 15) is 24.9 Å². The van der Waals surface area contributed by atoms with E-state index in [2.05, 4.69) is 20.9 Å². The normalized spacial score (nSPS) is 35.4. The Hall–Kier alpha value is -4.43. The molecule has 0 unspecified atom stereocenters. The fraction of sp³-hybridized carbons (Fsp3) is 0.707. The van der Waals surface area contributed by atoms with Gasteiger partial charge in [0, 0.05) is 54.7 Å². The quantitative estimate of drug-likeness (QED) is 0.0736. The molecule has 3 aliphatic heterocycles. The molecule has 18 atom stereocenters. The Kier molecular flexibility index (Phi) is 23.3. The maximum atomic E-state index is 15.0. The molecule has 3 aromatic rings. The van der Waals surface area contributed by atoms with Crippen molar-refractivity contribution in [1.82, 2.24) is 35.4 Å². The van der Waals surface area contributed by atoms with Crippen LogP contribution in [0.2, 0.25) is 10.0 Å². The minimum Gasteiger partial charge on any atom is -0.497 e. The number of ether oxygens (including phenoxy) is 9. The number of hydrogen-bond donors (Lipinski definition) is 5. The number of halogens is 2. The van der Waals surface area contributed by atoms with Crippen molar-refractivity contribution in [1.29, 1.82) is 0 Å². The molecular weight excluding hydrogens is 1110 g/mol. The third-order valence-electron chi connectivity index (χ3n) is 16.5. The molecule has 0 radical (unpaired) electrons. The number of hydrogen-bond acceptors (Lipinski definition) is 19. The Balaban J connectivity index is 1.29. The molecule has 460 valence electrons. The highest BCUT2D eigenvalue weighted by atomic mass is 35.5. The first-order valence-corrected chi connectivity index (χ1v) is 29.0. The number of rotatable bonds is 16. The molecule has 82 heavy (non-hydrogen) atoms. The Labute approximate surface area is 492 Å². The van der Waals surface area contributed by atoms with Gasteiger partial charge in [0.1, 0.15) is 34.9 Å². The van der Waals surface area contributed by atoms with Crippen molar-refractivity contribution in [2.45, 2.75) is 205 Å². The molecule has 5 N–H and O–H groups in total. The summed E-state index contributed by atoms with van der Waals surface area (Å²) in [6, 6.07) is 11.3. The standard InChI is InChI=1S/C58H89Cl2N7O15/c1-16-45-58(10,73)50(81-54(70)61-27-38-17-21-42(74-14)22-18-38)36(6)66(13)29-32(2)25-56(8,72)49(80-53-47(68)44(65(11)12)23-33(3)76-53)34(4)48(35(5)52(69)78-45)79-46-26-57(9,75-15)51(37(7)77-46)82-55(71)62-28-41-31-67(64-63-41)30-39-19-20-40(59)24-43(39)60/h17-22,24,31-37,44-51,53,68,72-73H,16,23,25-30H2,1-15H3,(H,61,70)(H,62,71)/t32-,33-,34+,35-,36-,37+,44+,45-,46+,47-,48+,49-,50-,51+,53+,56-,57-,58-/m1/s1. The van der Waals surface area contributed by atoms with Gasteiger partial charge >= 0.3 is 18.2 Å². The van der Waals surface area contributed by atoms with Crippen molar-refractivity contribution in [3.05, 3.63) is 75.5 Å². The van der Waals surface area contributed by atoms with E-state index < -0.39 is 108 Å². The van der Waals surface area contributed by atoms with Crippen molar-refractivity contribution < 1.29 is 72.3 Å². The van der Waals surface area contributed by atoms with Gasteiger partial charge in [-0.1, -0.05) is 67.4 Å². The molecule has 0 spiro atoms. The highest BCUT2D eigenvalue weighted by Gasteiger charge is 2.54. The molecule has 6 rings (SSSR count). The first-order chi connectivity index (χ1) is 38.5. The molecule has 3 saturated heterocycles. The first kappa shape index (κ1) is 66.7. The number of benzene rings is 2. The van der Waals surface area contributed by atoms with Crippen LogP contribution < -0.4 is 15.4 Å². The van der Waals surface area contributed by atoms with E-state index in [-0.39, 0.29) is 50.4 Å². The van der Waals surface area contributed by atoms with E-state index >= 15 is 4.79 Å². The van der Waals surface area contributed by atoms with E-state index in [1.807, 2.05) is 63.8 Å². The first-order valence-electron chi connectivity index (χ1n) is 28.2. The number of aromatic nitrogens is 3. The second-order valence-corrected chi connectivity index (χ2v) is 24.5. The molecule has 0 aliphatic carbocycles. The van der Waals surface area contributed by atoms with Gasteiger partial charge in [-0.3, -0.25) is 9.69 Å². The lowest BCUT2D eigenvalue weighted by Gasteiger charge is -2.49. The van der Waals surface area contributed by atoms with Crippen molar-refractivity contribution in [2.75, 3.05) is 41.9 Å². The molecule has 1 aromatic heterocycles. The topological polar surface area (TPSA) is 256 Å². The lowest BCUT2D eigenvalue weighted by Crippen LogP contribution is -2.61. The molecule has 22 nitrogen and oxygen atoms in total. The Morgan fingerprint density at radius 1 is 0.890 bits per heavy atom. The molecule has 3 fully saturated rings. The largest absolute Gasteiger partial charge is 0.497 e. The maximum Gasteiger partial charge on any atom is 0.407 e. The summed E-state index contributed by atoms with van der Waals surface area (Å²) in [6.45, 7) is 18.2. The number of amides is 2. The monoisotopic (exact) mass is 1190 g/mol. The summed E-state index contributed by atoms with van der Waals surface area (Å²) in [5.41, 5.74) is -2.89. The van der Waals surface area contributed by atoms with Crippen molar-refractivity contribution in [3.63, 3.8) is 0 Å². The molecule has 4 heterocycles. The summed E-state index contributed by atoms with van der Waals surface area (Å²) in [5, 5.41) is 52.5. The van der Waals surface area contributed by atoms with Crippen LogP contribution in [0.1, 0.15) is 112 Å². The zero-order chi connectivity index (χ0) is 60.6. The molecule has 3 aliphatic rings. The molecular formula is C58H89Cl2N7O15. The average Bonchev–Trinajstić information content (AvgIpc) is 3.92. The number of nitrogens with one attached hydrogen (secondary N) is 2. The van der Waals surface area contributed by atoms with E-state index in [0.29, 0.717) is 41.0 Å². The molecule has 0 bridgehead atoms. The van der Waals surface area contributed by atoms with Crippen LogP contribution in [0.5, 0.6) is 5.75 Å². The summed E-state index contributed by atoms with van der Waals surface area (Å²) in [7, 11) is 8.61. The Bertz CT molecular complexity index is 2560. The minimum atomic E-state index is -1.97. The van der Waals surface area contributed by atoms with Crippen LogP contribution in [0.15, 0.2) is 48.7 Å². The number of methoxy groups -OCH3 is 2. The molecule has 2 amide bonds. The molecule has 0 saturated carbocycles. The molecule has 24 heteroatoms. The number of esters is 1. The lowest BCUT2D eigenvalue weighted by atomic mass is 9.77. The van der Waals surface area contributed by atoms with Gasteiger partial charge < -0.3 is 73.5 Å². The number of cyclic esters (lactones) is 1. The van der Waals surface area contributed by atoms with Crippen LogP contribution in [0, 0.1) is 17.8 Å². The second kappa shape index (κ2) is 28.6. The number of likely N-dealkylation sites (N-methyl/N-ethyl adjacent to an activating group) is 2. The number of carbonyl (C=O) groups excluding carboxylic acids is 3. The number of aliphatic hydroxyl groups excluding tert-OH is 1. The zero-order valence-electron chi connectivity index (χ0n) is 50.2. The summed E-state index contributed by atoms with van der Waals surface area (Å²) in [6.07, 6.45) is -9.65. The van der Waals surface area contributed by atoms with Gasteiger partial charge in [0.2, 0.25) is 0 Å². The zero-order valence-corrected chi connectivity index (χ0v) is 51.7. The number of nitrogens with zero attached hydrogens (tertiary/aromatic N) is 5. The van der Waals surface area contributed by atoms with Gasteiger partial charge in [0.15, 0.2) is 24.8 Å². The van der Waals surface area contributed by atoms with Crippen LogP contribution in [-0.2, 0) is 62.3 Å². The number of alkyl carbamates (subject to hydrolysis) is 2. The van der Waals surface area contributed by atoms with Gasteiger partial charge in [0.25, 0.3) is 0 Å². The summed E-state index contributed by atoms with van der Waals surface area (Å²) in [5.74, 6) is -2.47. The maximum absolute atomic E-state index is 15.0. The van der Waals surface area contributed by atoms with Crippen LogP contribution >= 0.6 is 23.2 Å². The highest BCUT2D eigenvalue weighted by molar-refractivity contribution is 6.35. The lowest BCUT2D eigenvalue weighted by molar-refractivity contribution is -0.317. The fourth-order valence-electron chi connectivity index (χ4n) is 11.9. The summed E-state index contributed by atoms with van der Waals surface area (Å²) in [4.78, 5) is 46.2. The van der Waals surface area contributed by atoms with Crippen LogP contribution in [-0.4, -0.2) is 190 Å². The molecule has 2 aromatic carbocycles. The van der Waals surface area contributed by atoms with E-state index in [4.69, 9.17) is 65.8 Å². The van der Waals surface area contributed by atoms with Crippen molar-refractivity contribution in [3.8, 4) is 5.75 Å². The second-order valence-electron chi connectivity index (χ2n) is 23.6. The predicted molar refractivity (Wildman–Crippen MR) is 305 cm³/mol. The fourth-order valence-corrected chi connectivity index (χ4v) is 12.3. The number of aliphatic hydroxyl groups is 3. The third kappa shape index (κ3) is 16.7. The third-order valence-corrected chi connectivity index (χ3v) is 17.1. The van der Waals surface area contributed by atoms with Gasteiger partial charge in [-0.05, 0) is 130 Å². The average molecular weight is 1200 g/mol. The minimum absolute atomic E-state index is 0.0139. The van der Waals surface area contributed by atoms with Crippen LogP contribution in [0.4, 0.5) is 9.59 Å². The van der Waals surface area contributed by atoms with Crippen molar-refractivity contribution in [2.24, 2.45) is 17.8 Å². The van der Waals surface area contributed by atoms with Gasteiger partial charge in [-0.15, -0.1) is 5.10 Å². The van der Waals surface area contributed by atoms with Gasteiger partial charge in [-0.2, -0.15) is 0 Å². The predicted octanol–water partition coefficient (Wildman–Crippen LogP) is 6.72. The van der Waals surface area contributed by atoms with Crippen molar-refractivity contribution >= 4 is 41.4 Å². The van der Waals surface area contributed by atoms with E-state index in [0.717, 1.165) is 11.1 Å².